The van der Waals surface area contributed by atoms with E-state index in [0.717, 1.165) is 43.3 Å². The summed E-state index contributed by atoms with van der Waals surface area (Å²) in [6, 6.07) is 10.7. The lowest BCUT2D eigenvalue weighted by atomic mass is 9.44. The van der Waals surface area contributed by atoms with Gasteiger partial charge in [-0.05, 0) is 110 Å². The van der Waals surface area contributed by atoms with Crippen molar-refractivity contribution in [3.05, 3.63) is 35.9 Å². The van der Waals surface area contributed by atoms with Crippen LogP contribution in [0.25, 0.3) is 0 Å². The molecule has 2 saturated heterocycles. The van der Waals surface area contributed by atoms with Crippen LogP contribution in [-0.4, -0.2) is 24.6 Å². The first kappa shape index (κ1) is 25.1. The molecule has 3 nitrogen and oxygen atoms in total. The summed E-state index contributed by atoms with van der Waals surface area (Å²) in [6.07, 6.45) is 14.1. The van der Waals surface area contributed by atoms with Crippen molar-refractivity contribution in [1.29, 1.82) is 0 Å². The van der Waals surface area contributed by atoms with E-state index >= 15 is 0 Å². The lowest BCUT2D eigenvalue weighted by Gasteiger charge is -2.61. The third kappa shape index (κ3) is 3.84. The molecule has 6 unspecified atom stereocenters. The number of ether oxygens (including phenoxy) is 3. The van der Waals surface area contributed by atoms with Gasteiger partial charge in [-0.25, -0.2) is 0 Å². The zero-order valence-electron chi connectivity index (χ0n) is 23.8. The summed E-state index contributed by atoms with van der Waals surface area (Å²) in [5.41, 5.74) is 2.25. The van der Waals surface area contributed by atoms with E-state index in [0.29, 0.717) is 40.8 Å². The Labute approximate surface area is 225 Å². The van der Waals surface area contributed by atoms with Gasteiger partial charge in [0.1, 0.15) is 0 Å². The summed E-state index contributed by atoms with van der Waals surface area (Å²) >= 11 is 0. The van der Waals surface area contributed by atoms with Crippen LogP contribution in [0.1, 0.15) is 97.5 Å². The molecule has 1 aromatic rings. The van der Waals surface area contributed by atoms with Crippen LogP contribution in [0.5, 0.6) is 0 Å². The minimum absolute atomic E-state index is 0.283. The molecule has 2 heterocycles. The summed E-state index contributed by atoms with van der Waals surface area (Å²) in [5, 5.41) is 0. The van der Waals surface area contributed by atoms with E-state index in [2.05, 4.69) is 58.0 Å². The fourth-order valence-electron chi connectivity index (χ4n) is 11.2. The van der Waals surface area contributed by atoms with E-state index in [4.69, 9.17) is 14.2 Å². The van der Waals surface area contributed by atoms with Crippen LogP contribution in [-0.2, 0) is 20.8 Å². The highest BCUT2D eigenvalue weighted by molar-refractivity contribution is 5.16. The number of rotatable bonds is 3. The van der Waals surface area contributed by atoms with Crippen molar-refractivity contribution >= 4 is 0 Å². The van der Waals surface area contributed by atoms with Gasteiger partial charge in [0.2, 0.25) is 0 Å². The Hall–Kier alpha value is -0.900. The Morgan fingerprint density at radius 2 is 1.68 bits per heavy atom. The maximum Gasteiger partial charge on any atom is 0.171 e. The number of hydrogen-bond donors (Lipinski definition) is 0. The molecule has 12 atom stereocenters. The van der Waals surface area contributed by atoms with Gasteiger partial charge in [-0.2, -0.15) is 0 Å². The molecule has 0 aromatic heterocycles. The molecular formula is C34H50O3. The minimum atomic E-state index is -0.283. The zero-order valence-corrected chi connectivity index (χ0v) is 23.8. The third-order valence-corrected chi connectivity index (χ3v) is 13.2. The van der Waals surface area contributed by atoms with Gasteiger partial charge in [-0.3, -0.25) is 0 Å². The van der Waals surface area contributed by atoms with Crippen molar-refractivity contribution in [2.24, 2.45) is 52.3 Å². The van der Waals surface area contributed by atoms with E-state index in [9.17, 15) is 0 Å². The topological polar surface area (TPSA) is 27.7 Å². The van der Waals surface area contributed by atoms with Crippen molar-refractivity contribution in [2.75, 3.05) is 6.61 Å². The molecular weight excluding hydrogens is 456 g/mol. The Morgan fingerprint density at radius 1 is 0.865 bits per heavy atom. The first-order valence-corrected chi connectivity index (χ1v) is 15.8. The van der Waals surface area contributed by atoms with Gasteiger partial charge < -0.3 is 14.2 Å². The lowest BCUT2D eigenvalue weighted by Crippen LogP contribution is -2.55. The molecule has 6 fully saturated rings. The predicted molar refractivity (Wildman–Crippen MR) is 147 cm³/mol. The number of fused-ring (bicyclic) bond motifs is 7. The number of hydrogen-bond acceptors (Lipinski definition) is 3. The molecule has 204 valence electrons. The molecule has 1 aromatic carbocycles. The first-order valence-electron chi connectivity index (χ1n) is 15.8. The van der Waals surface area contributed by atoms with E-state index < -0.39 is 0 Å². The molecule has 1 spiro atoms. The maximum atomic E-state index is 6.98. The van der Waals surface area contributed by atoms with Gasteiger partial charge in [-0.15, -0.1) is 0 Å². The Kier molecular flexibility index (Phi) is 6.15. The summed E-state index contributed by atoms with van der Waals surface area (Å²) in [7, 11) is 0. The molecule has 7 rings (SSSR count). The summed E-state index contributed by atoms with van der Waals surface area (Å²) in [6.45, 7) is 11.8. The maximum absolute atomic E-state index is 6.98. The highest BCUT2D eigenvalue weighted by Crippen LogP contribution is 2.71. The molecule has 4 saturated carbocycles. The normalized spacial score (nSPS) is 52.8. The molecule has 0 N–H and O–H groups in total. The van der Waals surface area contributed by atoms with Gasteiger partial charge in [0.05, 0.1) is 25.4 Å². The lowest BCUT2D eigenvalue weighted by molar-refractivity contribution is -0.273. The van der Waals surface area contributed by atoms with E-state index in [1.807, 2.05) is 0 Å². The van der Waals surface area contributed by atoms with Crippen molar-refractivity contribution in [3.8, 4) is 0 Å². The second-order valence-electron chi connectivity index (χ2n) is 14.9. The summed E-state index contributed by atoms with van der Waals surface area (Å²) < 4.78 is 20.0. The fourth-order valence-corrected chi connectivity index (χ4v) is 11.2. The van der Waals surface area contributed by atoms with E-state index in [-0.39, 0.29) is 5.79 Å². The molecule has 37 heavy (non-hydrogen) atoms. The second-order valence-corrected chi connectivity index (χ2v) is 14.9. The molecule has 3 heteroatoms. The largest absolute Gasteiger partial charge is 0.374 e. The van der Waals surface area contributed by atoms with Crippen molar-refractivity contribution in [1.82, 2.24) is 0 Å². The van der Waals surface area contributed by atoms with E-state index in [1.165, 1.54) is 63.4 Å². The average Bonchev–Trinajstić information content (AvgIpc) is 3.35. The molecule has 0 bridgehead atoms. The molecule has 4 aliphatic carbocycles. The molecule has 2 aliphatic heterocycles. The van der Waals surface area contributed by atoms with Crippen molar-refractivity contribution in [3.63, 3.8) is 0 Å². The van der Waals surface area contributed by atoms with Gasteiger partial charge in [0, 0.05) is 12.3 Å². The van der Waals surface area contributed by atoms with Crippen LogP contribution in [0, 0.1) is 52.3 Å². The van der Waals surface area contributed by atoms with Gasteiger partial charge in [0.25, 0.3) is 0 Å². The Balaban J connectivity index is 1.04. The van der Waals surface area contributed by atoms with Crippen LogP contribution >= 0.6 is 0 Å². The first-order chi connectivity index (χ1) is 17.8. The van der Waals surface area contributed by atoms with Gasteiger partial charge >= 0.3 is 0 Å². The molecule has 0 amide bonds. The standard InChI is InChI=1S/C34H50O3/c1-22-12-17-34(36-20-22)23(2)31-30(37-34)19-29-27-11-10-25-18-26(35-21-24-8-6-5-7-9-24)13-15-32(25,3)28(27)14-16-33(29,31)4/h5-9,22-23,25-31H,10-21H2,1-4H3/t22-,23+,25?,26+,27?,28?,29?,30?,31?,32+,33+,34-/m1/s1. The fraction of sp³-hybridized carbons (Fsp3) is 0.824. The third-order valence-electron chi connectivity index (χ3n) is 13.2. The van der Waals surface area contributed by atoms with Crippen molar-refractivity contribution in [2.45, 2.75) is 117 Å². The highest BCUT2D eigenvalue weighted by atomic mass is 16.7. The van der Waals surface area contributed by atoms with Gasteiger partial charge in [0.15, 0.2) is 5.79 Å². The van der Waals surface area contributed by atoms with Crippen LogP contribution in [0.2, 0.25) is 0 Å². The van der Waals surface area contributed by atoms with Crippen LogP contribution < -0.4 is 0 Å². The van der Waals surface area contributed by atoms with Crippen LogP contribution in [0.15, 0.2) is 30.3 Å². The van der Waals surface area contributed by atoms with Crippen LogP contribution in [0.4, 0.5) is 0 Å². The average molecular weight is 507 g/mol. The second kappa shape index (κ2) is 9.07. The minimum Gasteiger partial charge on any atom is -0.374 e. The summed E-state index contributed by atoms with van der Waals surface area (Å²) in [5.74, 6) is 5.07. The quantitative estimate of drug-likeness (QED) is 0.415. The SMILES string of the molecule is C[C@@H]1CC[C@@]2(OC1)OC1CC3C4CCC5C[C@@H](OCc6ccccc6)CC[C@]5(C)C4CC[C@]3(C)C1[C@@H]2C. The highest BCUT2D eigenvalue weighted by Gasteiger charge is 2.69. The van der Waals surface area contributed by atoms with Crippen molar-refractivity contribution < 1.29 is 14.2 Å². The van der Waals surface area contributed by atoms with E-state index in [1.54, 1.807) is 0 Å². The number of benzene rings is 1. The molecule has 6 aliphatic rings. The smallest absolute Gasteiger partial charge is 0.171 e. The Bertz CT molecular complexity index is 969. The van der Waals surface area contributed by atoms with Gasteiger partial charge in [-0.1, -0.05) is 58.0 Å². The Morgan fingerprint density at radius 3 is 2.46 bits per heavy atom. The molecule has 0 radical (unpaired) electrons. The van der Waals surface area contributed by atoms with Crippen LogP contribution in [0.3, 0.4) is 0 Å². The predicted octanol–water partition coefficient (Wildman–Crippen LogP) is 8.02. The summed E-state index contributed by atoms with van der Waals surface area (Å²) in [4.78, 5) is 0. The zero-order chi connectivity index (χ0) is 25.4. The monoisotopic (exact) mass is 506 g/mol.